The molecule has 2 rings (SSSR count). The van der Waals surface area contributed by atoms with Crippen molar-refractivity contribution in [2.24, 2.45) is 0 Å². The molecule has 0 spiro atoms. The van der Waals surface area contributed by atoms with Crippen LogP contribution in [0.15, 0.2) is 47.1 Å². The van der Waals surface area contributed by atoms with E-state index in [-0.39, 0.29) is 5.04 Å². The number of ether oxygens (including phenoxy) is 1. The van der Waals surface area contributed by atoms with E-state index >= 15 is 0 Å². The summed E-state index contributed by atoms with van der Waals surface area (Å²) in [6, 6.07) is 11.5. The van der Waals surface area contributed by atoms with Gasteiger partial charge in [0.15, 0.2) is 19.8 Å². The molecule has 0 saturated heterocycles. The Morgan fingerprint density at radius 3 is 2.33 bits per heavy atom. The number of furan rings is 1. The van der Waals surface area contributed by atoms with E-state index in [0.29, 0.717) is 6.61 Å². The highest BCUT2D eigenvalue weighted by Crippen LogP contribution is 2.38. The van der Waals surface area contributed by atoms with Gasteiger partial charge in [-0.1, -0.05) is 39.0 Å². The number of para-hydroxylation sites is 1. The summed E-state index contributed by atoms with van der Waals surface area (Å²) >= 11 is 0. The largest absolute Gasteiger partial charge is 0.463 e. The molecule has 1 heterocycles. The highest BCUT2D eigenvalue weighted by molar-refractivity contribution is 6.74. The van der Waals surface area contributed by atoms with Gasteiger partial charge in [0.2, 0.25) is 0 Å². The molecule has 0 fully saturated rings. The summed E-state index contributed by atoms with van der Waals surface area (Å²) in [6.07, 6.45) is 1.64. The molecule has 1 aromatic carbocycles. The average Bonchev–Trinajstić information content (AvgIpc) is 2.84. The van der Waals surface area contributed by atoms with E-state index in [4.69, 9.17) is 13.6 Å². The third-order valence-corrected chi connectivity index (χ3v) is 8.52. The Morgan fingerprint density at radius 2 is 1.71 bits per heavy atom. The molecule has 2 aromatic rings. The standard InChI is InChI=1S/C17H24O3Si/c1-17(2,3)21(4,5)19-13-16-15(11-12-18-16)20-14-9-7-6-8-10-14/h6-12H,13H2,1-5H3. The first-order chi connectivity index (χ1) is 9.79. The van der Waals surface area contributed by atoms with Crippen LogP contribution in [-0.2, 0) is 11.0 Å². The first-order valence-corrected chi connectivity index (χ1v) is 10.1. The van der Waals surface area contributed by atoms with E-state index < -0.39 is 8.32 Å². The molecular formula is C17H24O3Si. The van der Waals surface area contributed by atoms with Crippen molar-refractivity contribution in [3.8, 4) is 11.5 Å². The average molecular weight is 304 g/mol. The normalized spacial score (nSPS) is 12.4. The molecule has 3 nitrogen and oxygen atoms in total. The van der Waals surface area contributed by atoms with Crippen molar-refractivity contribution in [2.45, 2.75) is 45.5 Å². The fourth-order valence-corrected chi connectivity index (χ4v) is 2.53. The van der Waals surface area contributed by atoms with Gasteiger partial charge >= 0.3 is 0 Å². The molecule has 1 aromatic heterocycles. The van der Waals surface area contributed by atoms with E-state index in [1.807, 2.05) is 36.4 Å². The second kappa shape index (κ2) is 6.08. The van der Waals surface area contributed by atoms with E-state index in [9.17, 15) is 0 Å². The molecule has 0 N–H and O–H groups in total. The third-order valence-electron chi connectivity index (χ3n) is 4.05. The lowest BCUT2D eigenvalue weighted by Gasteiger charge is -2.35. The SMILES string of the molecule is CC(C)(C)[Si](C)(C)OCc1occc1Oc1ccccc1. The monoisotopic (exact) mass is 304 g/mol. The van der Waals surface area contributed by atoms with Crippen LogP contribution >= 0.6 is 0 Å². The number of benzene rings is 1. The maximum absolute atomic E-state index is 6.18. The van der Waals surface area contributed by atoms with Crippen molar-refractivity contribution in [2.75, 3.05) is 0 Å². The van der Waals surface area contributed by atoms with Gasteiger partial charge in [-0.2, -0.15) is 0 Å². The summed E-state index contributed by atoms with van der Waals surface area (Å²) in [5, 5.41) is 0.181. The molecule has 0 unspecified atom stereocenters. The predicted molar refractivity (Wildman–Crippen MR) is 87.2 cm³/mol. The van der Waals surface area contributed by atoms with Crippen LogP contribution in [0, 0.1) is 0 Å². The minimum absolute atomic E-state index is 0.181. The van der Waals surface area contributed by atoms with Gasteiger partial charge in [0.25, 0.3) is 0 Å². The van der Waals surface area contributed by atoms with Gasteiger partial charge in [-0.25, -0.2) is 0 Å². The van der Waals surface area contributed by atoms with Crippen molar-refractivity contribution >= 4 is 8.32 Å². The molecule has 0 bridgehead atoms. The lowest BCUT2D eigenvalue weighted by atomic mass is 10.2. The second-order valence-electron chi connectivity index (χ2n) is 6.67. The molecule has 4 heteroatoms. The molecule has 0 aliphatic rings. The molecule has 0 aliphatic carbocycles. The Bertz CT molecular complexity index is 567. The van der Waals surface area contributed by atoms with Gasteiger partial charge in [-0.15, -0.1) is 0 Å². The van der Waals surface area contributed by atoms with Crippen molar-refractivity contribution in [3.63, 3.8) is 0 Å². The Balaban J connectivity index is 2.05. The fourth-order valence-electron chi connectivity index (χ4n) is 1.60. The highest BCUT2D eigenvalue weighted by Gasteiger charge is 2.37. The summed E-state index contributed by atoms with van der Waals surface area (Å²) < 4.78 is 17.5. The van der Waals surface area contributed by atoms with Gasteiger partial charge in [-0.05, 0) is 30.3 Å². The summed E-state index contributed by atoms with van der Waals surface area (Å²) in [6.45, 7) is 11.6. The number of rotatable bonds is 5. The molecule has 114 valence electrons. The molecule has 0 saturated carbocycles. The van der Waals surface area contributed by atoms with E-state index in [0.717, 1.165) is 17.3 Å². The van der Waals surface area contributed by atoms with Crippen molar-refractivity contribution < 1.29 is 13.6 Å². The minimum Gasteiger partial charge on any atom is -0.463 e. The first kappa shape index (κ1) is 15.9. The van der Waals surface area contributed by atoms with E-state index in [2.05, 4.69) is 33.9 Å². The highest BCUT2D eigenvalue weighted by atomic mass is 28.4. The zero-order valence-corrected chi connectivity index (χ0v) is 14.5. The maximum atomic E-state index is 6.18. The topological polar surface area (TPSA) is 31.6 Å². The molecule has 0 atom stereocenters. The molecule has 0 amide bonds. The Labute approximate surface area is 128 Å². The summed E-state index contributed by atoms with van der Waals surface area (Å²) in [5.41, 5.74) is 0. The Hall–Kier alpha value is -1.52. The van der Waals surface area contributed by atoms with Crippen LogP contribution in [0.4, 0.5) is 0 Å². The van der Waals surface area contributed by atoms with Crippen LogP contribution in [0.25, 0.3) is 0 Å². The lowest BCUT2D eigenvalue weighted by Crippen LogP contribution is -2.40. The Morgan fingerprint density at radius 1 is 1.05 bits per heavy atom. The van der Waals surface area contributed by atoms with Crippen LogP contribution in [-0.4, -0.2) is 8.32 Å². The predicted octanol–water partition coefficient (Wildman–Crippen LogP) is 5.59. The number of hydrogen-bond donors (Lipinski definition) is 0. The van der Waals surface area contributed by atoms with Crippen molar-refractivity contribution in [3.05, 3.63) is 48.4 Å². The third kappa shape index (κ3) is 3.99. The smallest absolute Gasteiger partial charge is 0.192 e. The lowest BCUT2D eigenvalue weighted by molar-refractivity contribution is 0.240. The van der Waals surface area contributed by atoms with Gasteiger partial charge < -0.3 is 13.6 Å². The van der Waals surface area contributed by atoms with Crippen molar-refractivity contribution in [1.82, 2.24) is 0 Å². The van der Waals surface area contributed by atoms with Crippen LogP contribution in [0.1, 0.15) is 26.5 Å². The number of hydrogen-bond acceptors (Lipinski definition) is 3. The Kier molecular flexibility index (Phi) is 4.59. The van der Waals surface area contributed by atoms with Gasteiger partial charge in [0.05, 0.1) is 12.9 Å². The van der Waals surface area contributed by atoms with Gasteiger partial charge in [0, 0.05) is 6.07 Å². The molecule has 0 aliphatic heterocycles. The van der Waals surface area contributed by atoms with Gasteiger partial charge in [0.1, 0.15) is 5.75 Å². The molecular weight excluding hydrogens is 280 g/mol. The van der Waals surface area contributed by atoms with Crippen LogP contribution in [0.3, 0.4) is 0 Å². The molecule has 0 radical (unpaired) electrons. The maximum Gasteiger partial charge on any atom is 0.192 e. The summed E-state index contributed by atoms with van der Waals surface area (Å²) in [7, 11) is -1.79. The van der Waals surface area contributed by atoms with Gasteiger partial charge in [-0.3, -0.25) is 0 Å². The molecule has 21 heavy (non-hydrogen) atoms. The van der Waals surface area contributed by atoms with E-state index in [1.165, 1.54) is 0 Å². The minimum atomic E-state index is -1.79. The van der Waals surface area contributed by atoms with Crippen LogP contribution < -0.4 is 4.74 Å². The summed E-state index contributed by atoms with van der Waals surface area (Å²) in [4.78, 5) is 0. The zero-order valence-electron chi connectivity index (χ0n) is 13.5. The summed E-state index contributed by atoms with van der Waals surface area (Å²) in [5.74, 6) is 2.26. The zero-order chi connectivity index (χ0) is 15.5. The van der Waals surface area contributed by atoms with Crippen LogP contribution in [0.5, 0.6) is 11.5 Å². The van der Waals surface area contributed by atoms with E-state index in [1.54, 1.807) is 6.26 Å². The van der Waals surface area contributed by atoms with Crippen molar-refractivity contribution in [1.29, 1.82) is 0 Å². The fraction of sp³-hybridized carbons (Fsp3) is 0.412. The quantitative estimate of drug-likeness (QED) is 0.674. The first-order valence-electron chi connectivity index (χ1n) is 7.23. The second-order valence-corrected chi connectivity index (χ2v) is 11.5. The van der Waals surface area contributed by atoms with Crippen LogP contribution in [0.2, 0.25) is 18.1 Å².